The number of fused-ring (bicyclic) bond motifs is 4. The van der Waals surface area contributed by atoms with E-state index in [4.69, 9.17) is 0 Å². The lowest BCUT2D eigenvalue weighted by Crippen LogP contribution is -2.46. The molecule has 1 N–H and O–H groups in total. The van der Waals surface area contributed by atoms with Gasteiger partial charge in [-0.1, -0.05) is 27.7 Å². The summed E-state index contributed by atoms with van der Waals surface area (Å²) in [7, 11) is 0. The summed E-state index contributed by atoms with van der Waals surface area (Å²) in [5.74, 6) is 3.81. The molecule has 4 heterocycles. The van der Waals surface area contributed by atoms with Crippen molar-refractivity contribution in [2.45, 2.75) is 123 Å². The molecule has 0 aromatic heterocycles. The van der Waals surface area contributed by atoms with Crippen molar-refractivity contribution in [3.05, 3.63) is 0 Å². The van der Waals surface area contributed by atoms with E-state index in [-0.39, 0.29) is 0 Å². The highest BCUT2D eigenvalue weighted by molar-refractivity contribution is 5.74. The molecule has 4 aliphatic rings. The number of nitrogens with zero attached hydrogens (tertiary/aromatic N) is 1. The number of hydrogen-bond donors (Lipinski definition) is 1. The topological polar surface area (TPSA) is 32.3 Å². The van der Waals surface area contributed by atoms with Gasteiger partial charge in [0.15, 0.2) is 0 Å². The van der Waals surface area contributed by atoms with Crippen molar-refractivity contribution in [3.8, 4) is 0 Å². The van der Waals surface area contributed by atoms with E-state index < -0.39 is 0 Å². The van der Waals surface area contributed by atoms with Crippen LogP contribution in [0, 0.1) is 29.1 Å². The number of piperidine rings is 2. The Bertz CT molecular complexity index is 557. The molecule has 7 atom stereocenters. The van der Waals surface area contributed by atoms with E-state index in [0.717, 1.165) is 35.8 Å². The molecule has 0 spiro atoms. The number of amides is 1. The van der Waals surface area contributed by atoms with E-state index in [1.165, 1.54) is 64.2 Å². The van der Waals surface area contributed by atoms with Crippen molar-refractivity contribution in [1.29, 1.82) is 0 Å². The Kier molecular flexibility index (Phi) is 5.86. The Morgan fingerprint density at radius 1 is 1.00 bits per heavy atom. The Labute approximate surface area is 173 Å². The average Bonchev–Trinajstić information content (AvgIpc) is 2.99. The van der Waals surface area contributed by atoms with Gasteiger partial charge in [0, 0.05) is 31.1 Å². The van der Waals surface area contributed by atoms with Crippen LogP contribution in [0.5, 0.6) is 0 Å². The summed E-state index contributed by atoms with van der Waals surface area (Å²) < 4.78 is 0. The van der Waals surface area contributed by atoms with Gasteiger partial charge in [-0.3, -0.25) is 4.79 Å². The average molecular weight is 389 g/mol. The summed E-state index contributed by atoms with van der Waals surface area (Å²) in [5.41, 5.74) is 0.430. The standard InChI is InChI=1S/C25H44N2O/c1-16(2)8-18-9-21-13-20(24(12-18)26-21)15-25(4,5)14-19-10-22-6-7-23(11-19)27(22)17(3)28/h16,18-24,26H,6-15H2,1-5H3/t18-,19?,20?,21-,22-,23+,24+/m0/s1. The van der Waals surface area contributed by atoms with Gasteiger partial charge < -0.3 is 10.2 Å². The van der Waals surface area contributed by atoms with Crippen molar-refractivity contribution in [3.63, 3.8) is 0 Å². The first-order valence-corrected chi connectivity index (χ1v) is 12.2. The van der Waals surface area contributed by atoms with Crippen LogP contribution in [0.4, 0.5) is 0 Å². The van der Waals surface area contributed by atoms with Gasteiger partial charge in [0.25, 0.3) is 0 Å². The quantitative estimate of drug-likeness (QED) is 0.662. The Hall–Kier alpha value is -0.570. The molecular weight excluding hydrogens is 344 g/mol. The Morgan fingerprint density at radius 3 is 2.29 bits per heavy atom. The molecule has 0 aromatic carbocycles. The summed E-state index contributed by atoms with van der Waals surface area (Å²) in [6, 6.07) is 2.65. The van der Waals surface area contributed by atoms with Gasteiger partial charge in [-0.05, 0) is 93.3 Å². The first-order chi connectivity index (χ1) is 13.2. The molecule has 4 bridgehead atoms. The van der Waals surface area contributed by atoms with Gasteiger partial charge in [-0.25, -0.2) is 0 Å². The minimum absolute atomic E-state index is 0.311. The lowest BCUT2D eigenvalue weighted by molar-refractivity contribution is -0.134. The molecule has 4 aliphatic heterocycles. The fourth-order valence-electron chi connectivity index (χ4n) is 7.95. The fraction of sp³-hybridized carbons (Fsp3) is 0.960. The third-order valence-electron chi connectivity index (χ3n) is 8.47. The molecule has 0 aliphatic carbocycles. The van der Waals surface area contributed by atoms with Crippen molar-refractivity contribution < 1.29 is 4.79 Å². The van der Waals surface area contributed by atoms with Crippen LogP contribution in [-0.4, -0.2) is 35.0 Å². The van der Waals surface area contributed by atoms with Gasteiger partial charge in [-0.2, -0.15) is 0 Å². The van der Waals surface area contributed by atoms with Gasteiger partial charge in [0.05, 0.1) is 0 Å². The predicted molar refractivity (Wildman–Crippen MR) is 116 cm³/mol. The van der Waals surface area contributed by atoms with Crippen LogP contribution in [0.15, 0.2) is 0 Å². The normalized spacial score (nSPS) is 40.4. The summed E-state index contributed by atoms with van der Waals surface area (Å²) in [5, 5.41) is 3.97. The van der Waals surface area contributed by atoms with Gasteiger partial charge in [0.2, 0.25) is 5.91 Å². The molecule has 0 radical (unpaired) electrons. The SMILES string of the molecule is CC(=O)N1[C@@H]2CC[C@H]1CC(CC(C)(C)CC1C[C@@H]3C[C@H](CC(C)C)C[C@H]1N3)C2. The van der Waals surface area contributed by atoms with Crippen LogP contribution in [0.25, 0.3) is 0 Å². The van der Waals surface area contributed by atoms with E-state index >= 15 is 0 Å². The van der Waals surface area contributed by atoms with Crippen LogP contribution < -0.4 is 5.32 Å². The van der Waals surface area contributed by atoms with E-state index in [0.29, 0.717) is 23.4 Å². The molecule has 4 fully saturated rings. The monoisotopic (exact) mass is 388 g/mol. The molecule has 28 heavy (non-hydrogen) atoms. The van der Waals surface area contributed by atoms with Crippen LogP contribution in [0.2, 0.25) is 0 Å². The smallest absolute Gasteiger partial charge is 0.219 e. The lowest BCUT2D eigenvalue weighted by Gasteiger charge is -2.42. The third kappa shape index (κ3) is 4.45. The predicted octanol–water partition coefficient (Wildman–Crippen LogP) is 5.39. The minimum Gasteiger partial charge on any atom is -0.337 e. The van der Waals surface area contributed by atoms with Gasteiger partial charge >= 0.3 is 0 Å². The second kappa shape index (κ2) is 7.93. The summed E-state index contributed by atoms with van der Waals surface area (Å²) in [6.45, 7) is 11.6. The van der Waals surface area contributed by atoms with Gasteiger partial charge in [-0.15, -0.1) is 0 Å². The number of carbonyl (C=O) groups is 1. The molecule has 2 unspecified atom stereocenters. The zero-order valence-electron chi connectivity index (χ0n) is 19.0. The number of rotatable bonds is 6. The maximum atomic E-state index is 12.0. The second-order valence-corrected chi connectivity index (χ2v) is 12.2. The summed E-state index contributed by atoms with van der Waals surface area (Å²) in [6.07, 6.45) is 13.4. The third-order valence-corrected chi connectivity index (χ3v) is 8.47. The highest BCUT2D eigenvalue weighted by atomic mass is 16.2. The van der Waals surface area contributed by atoms with Crippen LogP contribution in [-0.2, 0) is 4.79 Å². The first-order valence-electron chi connectivity index (χ1n) is 12.2. The van der Waals surface area contributed by atoms with Crippen molar-refractivity contribution in [2.24, 2.45) is 29.1 Å². The Morgan fingerprint density at radius 2 is 1.68 bits per heavy atom. The van der Waals surface area contributed by atoms with Gasteiger partial charge in [0.1, 0.15) is 0 Å². The molecule has 4 rings (SSSR count). The van der Waals surface area contributed by atoms with E-state index in [9.17, 15) is 4.79 Å². The molecule has 4 saturated heterocycles. The van der Waals surface area contributed by atoms with Crippen molar-refractivity contribution in [2.75, 3.05) is 0 Å². The largest absolute Gasteiger partial charge is 0.337 e. The number of hydrogen-bond acceptors (Lipinski definition) is 2. The molecule has 0 aromatic rings. The molecular formula is C25H44N2O. The van der Waals surface area contributed by atoms with Crippen LogP contribution >= 0.6 is 0 Å². The highest BCUT2D eigenvalue weighted by Gasteiger charge is 2.45. The maximum absolute atomic E-state index is 12.0. The van der Waals surface area contributed by atoms with Crippen molar-refractivity contribution >= 4 is 5.91 Å². The second-order valence-electron chi connectivity index (χ2n) is 12.2. The highest BCUT2D eigenvalue weighted by Crippen LogP contribution is 2.47. The zero-order valence-corrected chi connectivity index (χ0v) is 19.0. The van der Waals surface area contributed by atoms with Crippen LogP contribution in [0.3, 0.4) is 0 Å². The fourth-order valence-corrected chi connectivity index (χ4v) is 7.95. The molecule has 1 amide bonds. The zero-order chi connectivity index (χ0) is 20.1. The number of nitrogens with one attached hydrogen (secondary N) is 1. The van der Waals surface area contributed by atoms with E-state index in [1.54, 1.807) is 6.92 Å². The van der Waals surface area contributed by atoms with E-state index in [2.05, 4.69) is 37.9 Å². The van der Waals surface area contributed by atoms with E-state index in [1.807, 2.05) is 0 Å². The maximum Gasteiger partial charge on any atom is 0.219 e. The lowest BCUT2D eigenvalue weighted by atomic mass is 9.71. The molecule has 3 nitrogen and oxygen atoms in total. The molecule has 160 valence electrons. The van der Waals surface area contributed by atoms with Crippen molar-refractivity contribution in [1.82, 2.24) is 10.2 Å². The Balaban J connectivity index is 1.31. The number of carbonyl (C=O) groups excluding carboxylic acids is 1. The minimum atomic E-state index is 0.311. The van der Waals surface area contributed by atoms with Crippen LogP contribution in [0.1, 0.15) is 98.8 Å². The molecule has 0 saturated carbocycles. The summed E-state index contributed by atoms with van der Waals surface area (Å²) >= 11 is 0. The first kappa shape index (κ1) is 20.7. The summed E-state index contributed by atoms with van der Waals surface area (Å²) in [4.78, 5) is 14.2. The molecule has 3 heteroatoms.